The lowest BCUT2D eigenvalue weighted by molar-refractivity contribution is 0.587. The average molecular weight is 241 g/mol. The maximum Gasteiger partial charge on any atom is 0.147 e. The smallest absolute Gasteiger partial charge is 0.147 e. The zero-order valence-corrected chi connectivity index (χ0v) is 10.6. The lowest BCUT2D eigenvalue weighted by Crippen LogP contribution is -2.13. The fourth-order valence-corrected chi connectivity index (χ4v) is 2.41. The van der Waals surface area contributed by atoms with Gasteiger partial charge in [-0.3, -0.25) is 0 Å². The lowest BCUT2D eigenvalue weighted by atomic mass is 9.99. The van der Waals surface area contributed by atoms with Crippen LogP contribution in [-0.4, -0.2) is 20.4 Å². The molecule has 0 amide bonds. The molecule has 0 saturated carbocycles. The molecule has 0 radical (unpaired) electrons. The number of aryl methyl sites for hydroxylation is 1. The molecule has 1 unspecified atom stereocenters. The molecule has 0 saturated heterocycles. The van der Waals surface area contributed by atoms with Crippen LogP contribution < -0.4 is 5.73 Å². The van der Waals surface area contributed by atoms with E-state index >= 15 is 0 Å². The number of nitrogens with two attached hydrogens (primary N) is 1. The Morgan fingerprint density at radius 1 is 1.31 bits per heavy atom. The Morgan fingerprint density at radius 2 is 1.94 bits per heavy atom. The molecule has 0 heterocycles. The first kappa shape index (κ1) is 13.2. The van der Waals surface area contributed by atoms with E-state index in [1.54, 1.807) is 0 Å². The first-order chi connectivity index (χ1) is 7.40. The Labute approximate surface area is 97.6 Å². The molecule has 0 aliphatic carbocycles. The van der Waals surface area contributed by atoms with Gasteiger partial charge < -0.3 is 5.73 Å². The van der Waals surface area contributed by atoms with Crippen LogP contribution in [0.1, 0.15) is 30.0 Å². The highest BCUT2D eigenvalue weighted by molar-refractivity contribution is 7.90. The van der Waals surface area contributed by atoms with Crippen molar-refractivity contribution in [1.82, 2.24) is 0 Å². The number of hydrogen-bond donors (Lipinski definition) is 1. The Bertz CT molecular complexity index is 440. The molecule has 2 N–H and O–H groups in total. The SMILES string of the molecule is Cc1ccccc1C(N)CCCS(C)(=O)=O. The predicted molar refractivity (Wildman–Crippen MR) is 67.1 cm³/mol. The van der Waals surface area contributed by atoms with Gasteiger partial charge in [0, 0.05) is 18.1 Å². The Balaban J connectivity index is 2.54. The van der Waals surface area contributed by atoms with Crippen LogP contribution in [0.5, 0.6) is 0 Å². The van der Waals surface area contributed by atoms with E-state index in [2.05, 4.69) is 0 Å². The van der Waals surface area contributed by atoms with Gasteiger partial charge in [-0.05, 0) is 30.9 Å². The monoisotopic (exact) mass is 241 g/mol. The van der Waals surface area contributed by atoms with Crippen molar-refractivity contribution in [1.29, 1.82) is 0 Å². The molecule has 0 bridgehead atoms. The minimum absolute atomic E-state index is 0.0667. The van der Waals surface area contributed by atoms with Crippen molar-refractivity contribution in [2.45, 2.75) is 25.8 Å². The van der Waals surface area contributed by atoms with E-state index in [4.69, 9.17) is 5.73 Å². The second-order valence-corrected chi connectivity index (χ2v) is 6.49. The van der Waals surface area contributed by atoms with Gasteiger partial charge >= 0.3 is 0 Å². The quantitative estimate of drug-likeness (QED) is 0.855. The van der Waals surface area contributed by atoms with Gasteiger partial charge in [-0.2, -0.15) is 0 Å². The summed E-state index contributed by atoms with van der Waals surface area (Å²) in [5.74, 6) is 0.215. The molecule has 1 atom stereocenters. The third kappa shape index (κ3) is 4.33. The molecule has 3 nitrogen and oxygen atoms in total. The second-order valence-electron chi connectivity index (χ2n) is 4.24. The van der Waals surface area contributed by atoms with Crippen molar-refractivity contribution in [2.75, 3.05) is 12.0 Å². The lowest BCUT2D eigenvalue weighted by Gasteiger charge is -2.14. The molecular formula is C12H19NO2S. The largest absolute Gasteiger partial charge is 0.324 e. The van der Waals surface area contributed by atoms with Crippen LogP contribution in [0.15, 0.2) is 24.3 Å². The predicted octanol–water partition coefficient (Wildman–Crippen LogP) is 1.82. The maximum absolute atomic E-state index is 11.0. The van der Waals surface area contributed by atoms with Crippen molar-refractivity contribution in [3.63, 3.8) is 0 Å². The van der Waals surface area contributed by atoms with Crippen molar-refractivity contribution in [3.05, 3.63) is 35.4 Å². The highest BCUT2D eigenvalue weighted by Crippen LogP contribution is 2.19. The summed E-state index contributed by atoms with van der Waals surface area (Å²) in [6.45, 7) is 2.02. The van der Waals surface area contributed by atoms with E-state index in [0.717, 1.165) is 11.1 Å². The molecule has 1 aromatic rings. The zero-order chi connectivity index (χ0) is 12.2. The van der Waals surface area contributed by atoms with Gasteiger partial charge in [-0.15, -0.1) is 0 Å². The summed E-state index contributed by atoms with van der Waals surface area (Å²) in [5, 5.41) is 0. The zero-order valence-electron chi connectivity index (χ0n) is 9.81. The highest BCUT2D eigenvalue weighted by atomic mass is 32.2. The molecule has 1 rings (SSSR count). The van der Waals surface area contributed by atoms with Crippen LogP contribution >= 0.6 is 0 Å². The van der Waals surface area contributed by atoms with Gasteiger partial charge in [0.2, 0.25) is 0 Å². The van der Waals surface area contributed by atoms with E-state index in [1.165, 1.54) is 6.26 Å². The molecule has 90 valence electrons. The van der Waals surface area contributed by atoms with Gasteiger partial charge in [-0.25, -0.2) is 8.42 Å². The molecular weight excluding hydrogens is 222 g/mol. The van der Waals surface area contributed by atoms with E-state index in [9.17, 15) is 8.42 Å². The highest BCUT2D eigenvalue weighted by Gasteiger charge is 2.09. The number of rotatable bonds is 5. The number of sulfone groups is 1. The maximum atomic E-state index is 11.0. The van der Waals surface area contributed by atoms with E-state index in [-0.39, 0.29) is 11.8 Å². The van der Waals surface area contributed by atoms with Gasteiger partial charge in [0.25, 0.3) is 0 Å². The van der Waals surface area contributed by atoms with Crippen LogP contribution in [0.2, 0.25) is 0 Å². The summed E-state index contributed by atoms with van der Waals surface area (Å²) < 4.78 is 22.0. The van der Waals surface area contributed by atoms with E-state index in [1.807, 2.05) is 31.2 Å². The Kier molecular flexibility index (Phi) is 4.50. The molecule has 16 heavy (non-hydrogen) atoms. The number of hydrogen-bond acceptors (Lipinski definition) is 3. The van der Waals surface area contributed by atoms with E-state index in [0.29, 0.717) is 12.8 Å². The van der Waals surface area contributed by atoms with Crippen LogP contribution in [0, 0.1) is 6.92 Å². The summed E-state index contributed by atoms with van der Waals surface area (Å²) in [6.07, 6.45) is 2.58. The fraction of sp³-hybridized carbons (Fsp3) is 0.500. The third-order valence-electron chi connectivity index (χ3n) is 2.62. The summed E-state index contributed by atoms with van der Waals surface area (Å²) in [5.41, 5.74) is 8.30. The average Bonchev–Trinajstić information content (AvgIpc) is 2.16. The topological polar surface area (TPSA) is 60.2 Å². The van der Waals surface area contributed by atoms with Crippen LogP contribution in [0.4, 0.5) is 0 Å². The molecule has 0 spiro atoms. The van der Waals surface area contributed by atoms with Gasteiger partial charge in [0.15, 0.2) is 0 Å². The second kappa shape index (κ2) is 5.46. The molecule has 0 aliphatic heterocycles. The molecule has 0 aromatic heterocycles. The van der Waals surface area contributed by atoms with Gasteiger partial charge in [-0.1, -0.05) is 24.3 Å². The number of benzene rings is 1. The van der Waals surface area contributed by atoms with Gasteiger partial charge in [0.05, 0.1) is 0 Å². The van der Waals surface area contributed by atoms with Gasteiger partial charge in [0.1, 0.15) is 9.84 Å². The summed E-state index contributed by atoms with van der Waals surface area (Å²) in [4.78, 5) is 0. The first-order valence-corrected chi connectivity index (χ1v) is 7.45. The minimum Gasteiger partial charge on any atom is -0.324 e. The van der Waals surface area contributed by atoms with Crippen molar-refractivity contribution in [3.8, 4) is 0 Å². The third-order valence-corrected chi connectivity index (χ3v) is 3.65. The molecule has 0 fully saturated rings. The van der Waals surface area contributed by atoms with Crippen LogP contribution in [0.25, 0.3) is 0 Å². The fourth-order valence-electron chi connectivity index (χ4n) is 1.72. The van der Waals surface area contributed by atoms with Crippen molar-refractivity contribution in [2.24, 2.45) is 5.73 Å². The molecule has 0 aliphatic rings. The summed E-state index contributed by atoms with van der Waals surface area (Å²) >= 11 is 0. The Hall–Kier alpha value is -0.870. The van der Waals surface area contributed by atoms with Crippen LogP contribution in [-0.2, 0) is 9.84 Å². The van der Waals surface area contributed by atoms with Crippen molar-refractivity contribution < 1.29 is 8.42 Å². The standard InChI is InChI=1S/C12H19NO2S/c1-10-6-3-4-7-11(10)12(13)8-5-9-16(2,14)15/h3-4,6-7,12H,5,8-9,13H2,1-2H3. The molecule has 1 aromatic carbocycles. The van der Waals surface area contributed by atoms with Crippen molar-refractivity contribution >= 4 is 9.84 Å². The molecule has 4 heteroatoms. The Morgan fingerprint density at radius 3 is 2.50 bits per heavy atom. The van der Waals surface area contributed by atoms with E-state index < -0.39 is 9.84 Å². The minimum atomic E-state index is -2.87. The summed E-state index contributed by atoms with van der Waals surface area (Å²) in [6, 6.07) is 7.88. The summed E-state index contributed by atoms with van der Waals surface area (Å²) in [7, 11) is -2.87. The normalized spacial score (nSPS) is 13.7. The first-order valence-electron chi connectivity index (χ1n) is 5.39. The van der Waals surface area contributed by atoms with Crippen LogP contribution in [0.3, 0.4) is 0 Å².